The molecule has 1 fully saturated rings. The Labute approximate surface area is 196 Å². The summed E-state index contributed by atoms with van der Waals surface area (Å²) in [5, 5.41) is 0. The predicted molar refractivity (Wildman–Crippen MR) is 126 cm³/mol. The minimum Gasteiger partial charge on any atom is -0.463 e. The Balaban J connectivity index is 1.48. The average Bonchev–Trinajstić information content (AvgIpc) is 3.14. The highest BCUT2D eigenvalue weighted by atomic mass is 16.8. The minimum atomic E-state index is -0.864. The van der Waals surface area contributed by atoms with E-state index in [1.165, 1.54) is 32.1 Å². The fraction of sp³-hybridized carbons (Fsp3) is 0.500. The van der Waals surface area contributed by atoms with E-state index in [4.69, 9.17) is 18.9 Å². The number of hydrogen-bond donors (Lipinski definition) is 0. The molecule has 33 heavy (non-hydrogen) atoms. The van der Waals surface area contributed by atoms with Crippen molar-refractivity contribution in [3.8, 4) is 22.9 Å². The van der Waals surface area contributed by atoms with Crippen molar-refractivity contribution in [2.75, 3.05) is 6.61 Å². The molecular weight excluding hydrogens is 420 g/mol. The van der Waals surface area contributed by atoms with Gasteiger partial charge in [-0.1, -0.05) is 57.2 Å². The first-order valence-electron chi connectivity index (χ1n) is 11.7. The van der Waals surface area contributed by atoms with Crippen LogP contribution in [0.25, 0.3) is 11.1 Å². The lowest BCUT2D eigenvalue weighted by Gasteiger charge is -2.16. The lowest BCUT2D eigenvalue weighted by atomic mass is 10.1. The molecule has 7 nitrogen and oxygen atoms in total. The molecule has 2 aromatic rings. The van der Waals surface area contributed by atoms with Crippen LogP contribution >= 0.6 is 0 Å². The van der Waals surface area contributed by atoms with E-state index in [1.807, 2.05) is 12.1 Å². The van der Waals surface area contributed by atoms with E-state index >= 15 is 0 Å². The molecule has 0 aliphatic carbocycles. The summed E-state index contributed by atoms with van der Waals surface area (Å²) in [5.74, 6) is -0.968. The van der Waals surface area contributed by atoms with Crippen LogP contribution in [0.2, 0.25) is 0 Å². The highest BCUT2D eigenvalue weighted by Crippen LogP contribution is 2.30. The Morgan fingerprint density at radius 1 is 1.03 bits per heavy atom. The Hall–Kier alpha value is -2.77. The molecule has 0 saturated carbocycles. The van der Waals surface area contributed by atoms with Gasteiger partial charge in [0.2, 0.25) is 0 Å². The van der Waals surface area contributed by atoms with Gasteiger partial charge in [-0.15, -0.1) is 6.58 Å². The molecular formula is C26H34N2O5. The van der Waals surface area contributed by atoms with Crippen LogP contribution in [-0.4, -0.2) is 40.5 Å². The molecule has 0 amide bonds. The molecule has 0 N–H and O–H groups in total. The number of hydrogen-bond acceptors (Lipinski definition) is 7. The zero-order valence-electron chi connectivity index (χ0n) is 19.8. The normalized spacial score (nSPS) is 19.2. The summed E-state index contributed by atoms with van der Waals surface area (Å²) >= 11 is 0. The van der Waals surface area contributed by atoms with Gasteiger partial charge in [0.15, 0.2) is 11.9 Å². The fourth-order valence-electron chi connectivity index (χ4n) is 3.62. The molecule has 2 heterocycles. The van der Waals surface area contributed by atoms with Crippen molar-refractivity contribution in [3.05, 3.63) is 49.3 Å². The molecule has 178 valence electrons. The molecule has 7 heteroatoms. The average molecular weight is 455 g/mol. The van der Waals surface area contributed by atoms with Gasteiger partial charge in [0, 0.05) is 18.0 Å². The second kappa shape index (κ2) is 11.9. The third kappa shape index (κ3) is 7.37. The van der Waals surface area contributed by atoms with Gasteiger partial charge >= 0.3 is 12.0 Å². The number of carbonyl (C=O) groups excluding carboxylic acids is 1. The van der Waals surface area contributed by atoms with Gasteiger partial charge in [-0.05, 0) is 38.0 Å². The molecule has 2 atom stereocenters. The summed E-state index contributed by atoms with van der Waals surface area (Å²) < 4.78 is 22.4. The van der Waals surface area contributed by atoms with Gasteiger partial charge in [-0.25, -0.2) is 14.8 Å². The van der Waals surface area contributed by atoms with Crippen LogP contribution < -0.4 is 9.47 Å². The molecule has 0 unspecified atom stereocenters. The zero-order chi connectivity index (χ0) is 23.7. The molecule has 3 rings (SSSR count). The zero-order valence-corrected chi connectivity index (χ0v) is 19.8. The summed E-state index contributed by atoms with van der Waals surface area (Å²) in [4.78, 5) is 21.1. The Morgan fingerprint density at radius 2 is 1.70 bits per heavy atom. The van der Waals surface area contributed by atoms with Crippen molar-refractivity contribution in [1.82, 2.24) is 9.97 Å². The number of nitrogens with zero attached hydrogens (tertiary/aromatic N) is 2. The Kier molecular flexibility index (Phi) is 8.97. The SMILES string of the molecule is C=C[C@H]1OC(C)(C)O[C@H]1C(=O)Oc1ccc(-c2cnc(OCCCCCCCC)nc2)cc1. The molecule has 1 aliphatic heterocycles. The Bertz CT molecular complexity index is 896. The highest BCUT2D eigenvalue weighted by molar-refractivity contribution is 5.79. The van der Waals surface area contributed by atoms with E-state index in [2.05, 4.69) is 23.5 Å². The molecule has 0 radical (unpaired) electrons. The second-order valence-electron chi connectivity index (χ2n) is 8.57. The molecule has 1 aromatic carbocycles. The highest BCUT2D eigenvalue weighted by Gasteiger charge is 2.44. The number of rotatable bonds is 12. The maximum atomic E-state index is 12.5. The van der Waals surface area contributed by atoms with Crippen LogP contribution in [0.5, 0.6) is 11.8 Å². The topological polar surface area (TPSA) is 79.8 Å². The van der Waals surface area contributed by atoms with Crippen LogP contribution in [-0.2, 0) is 14.3 Å². The first-order chi connectivity index (χ1) is 15.9. The molecule has 0 spiro atoms. The third-order valence-corrected chi connectivity index (χ3v) is 5.36. The van der Waals surface area contributed by atoms with Crippen molar-refractivity contribution in [3.63, 3.8) is 0 Å². The van der Waals surface area contributed by atoms with Gasteiger partial charge < -0.3 is 18.9 Å². The van der Waals surface area contributed by atoms with Crippen LogP contribution in [0.1, 0.15) is 59.3 Å². The maximum Gasteiger partial charge on any atom is 0.343 e. The van der Waals surface area contributed by atoms with Gasteiger partial charge in [-0.3, -0.25) is 0 Å². The number of unbranched alkanes of at least 4 members (excludes halogenated alkanes) is 5. The van der Waals surface area contributed by atoms with Crippen molar-refractivity contribution >= 4 is 5.97 Å². The number of carbonyl (C=O) groups is 1. The maximum absolute atomic E-state index is 12.5. The van der Waals surface area contributed by atoms with Crippen molar-refractivity contribution < 1.29 is 23.7 Å². The molecule has 1 saturated heterocycles. The van der Waals surface area contributed by atoms with Gasteiger partial charge in [0.05, 0.1) is 6.61 Å². The third-order valence-electron chi connectivity index (χ3n) is 5.36. The van der Waals surface area contributed by atoms with E-state index in [0.29, 0.717) is 18.4 Å². The number of esters is 1. The van der Waals surface area contributed by atoms with E-state index < -0.39 is 24.0 Å². The summed E-state index contributed by atoms with van der Waals surface area (Å²) in [6, 6.07) is 7.52. The van der Waals surface area contributed by atoms with Crippen LogP contribution in [0.4, 0.5) is 0 Å². The van der Waals surface area contributed by atoms with E-state index in [1.54, 1.807) is 44.4 Å². The first-order valence-corrected chi connectivity index (χ1v) is 11.7. The lowest BCUT2D eigenvalue weighted by Crippen LogP contribution is -2.34. The van der Waals surface area contributed by atoms with Crippen LogP contribution in [0, 0.1) is 0 Å². The fourth-order valence-corrected chi connectivity index (χ4v) is 3.62. The van der Waals surface area contributed by atoms with Gasteiger partial charge in [-0.2, -0.15) is 0 Å². The molecule has 1 aromatic heterocycles. The summed E-state index contributed by atoms with van der Waals surface area (Å²) in [7, 11) is 0. The minimum absolute atomic E-state index is 0.385. The van der Waals surface area contributed by atoms with Crippen LogP contribution in [0.15, 0.2) is 49.3 Å². The van der Waals surface area contributed by atoms with Crippen molar-refractivity contribution in [1.29, 1.82) is 0 Å². The predicted octanol–water partition coefficient (Wildman–Crippen LogP) is 5.49. The number of benzene rings is 1. The van der Waals surface area contributed by atoms with Crippen molar-refractivity contribution in [2.24, 2.45) is 0 Å². The van der Waals surface area contributed by atoms with E-state index in [9.17, 15) is 4.79 Å². The largest absolute Gasteiger partial charge is 0.463 e. The summed E-state index contributed by atoms with van der Waals surface area (Å²) in [5.41, 5.74) is 1.75. The van der Waals surface area contributed by atoms with Gasteiger partial charge in [0.25, 0.3) is 0 Å². The lowest BCUT2D eigenvalue weighted by molar-refractivity contribution is -0.163. The number of aromatic nitrogens is 2. The monoisotopic (exact) mass is 454 g/mol. The number of ether oxygens (including phenoxy) is 4. The smallest absolute Gasteiger partial charge is 0.343 e. The van der Waals surface area contributed by atoms with Crippen molar-refractivity contribution in [2.45, 2.75) is 77.3 Å². The van der Waals surface area contributed by atoms with E-state index in [0.717, 1.165) is 17.5 Å². The summed E-state index contributed by atoms with van der Waals surface area (Å²) in [6.07, 6.45) is 10.9. The molecule has 1 aliphatic rings. The summed E-state index contributed by atoms with van der Waals surface area (Å²) in [6.45, 7) is 10.0. The quantitative estimate of drug-likeness (QED) is 0.181. The Morgan fingerprint density at radius 3 is 2.36 bits per heavy atom. The standard InChI is InChI=1S/C26H34N2O5/c1-5-7-8-9-10-11-16-30-25-27-17-20(18-28-25)19-12-14-21(15-13-19)31-24(29)23-22(6-2)32-26(3,4)33-23/h6,12-15,17-18,22-23H,2,5,7-11,16H2,1,3-4H3/t22-,23-/m1/s1. The van der Waals surface area contributed by atoms with Crippen LogP contribution in [0.3, 0.4) is 0 Å². The second-order valence-corrected chi connectivity index (χ2v) is 8.57. The first kappa shape index (κ1) is 24.9. The molecule has 0 bridgehead atoms. The van der Waals surface area contributed by atoms with E-state index in [-0.39, 0.29) is 0 Å². The van der Waals surface area contributed by atoms with Gasteiger partial charge in [0.1, 0.15) is 11.9 Å².